The normalized spacial score (nSPS) is 16.9. The standard InChI is InChI=1S/C9H12O.C8H10O2/c1-2-3-8-4-6-9(10)7-5-8;1-9-7-5-3-4-6-8(7)10-2/h2,4,6,8H,1,3,5,7H2;3-6H,1-2H3. The Kier molecular flexibility index (Phi) is 7.18. The molecule has 0 aromatic heterocycles. The summed E-state index contributed by atoms with van der Waals surface area (Å²) in [5, 5.41) is 0. The van der Waals surface area contributed by atoms with Gasteiger partial charge in [-0.15, -0.1) is 6.58 Å². The van der Waals surface area contributed by atoms with E-state index in [1.165, 1.54) is 0 Å². The lowest BCUT2D eigenvalue weighted by Gasteiger charge is -2.12. The van der Waals surface area contributed by atoms with Gasteiger partial charge >= 0.3 is 0 Å². The van der Waals surface area contributed by atoms with Gasteiger partial charge in [0.2, 0.25) is 0 Å². The molecule has 2 rings (SSSR count). The molecule has 0 saturated carbocycles. The van der Waals surface area contributed by atoms with Gasteiger partial charge in [0.25, 0.3) is 0 Å². The number of rotatable bonds is 4. The molecule has 0 spiro atoms. The lowest BCUT2D eigenvalue weighted by molar-refractivity contribution is -0.115. The molecule has 20 heavy (non-hydrogen) atoms. The number of hydrogen-bond acceptors (Lipinski definition) is 3. The van der Waals surface area contributed by atoms with Crippen molar-refractivity contribution < 1.29 is 14.3 Å². The summed E-state index contributed by atoms with van der Waals surface area (Å²) >= 11 is 0. The first-order chi connectivity index (χ1) is 9.71. The van der Waals surface area contributed by atoms with Gasteiger partial charge in [-0.1, -0.05) is 24.3 Å². The van der Waals surface area contributed by atoms with E-state index in [1.54, 1.807) is 20.3 Å². The van der Waals surface area contributed by atoms with Crippen molar-refractivity contribution in [2.45, 2.75) is 19.3 Å². The first-order valence-corrected chi connectivity index (χ1v) is 6.70. The molecular weight excluding hydrogens is 252 g/mol. The van der Waals surface area contributed by atoms with Crippen molar-refractivity contribution in [3.8, 4) is 11.5 Å². The first kappa shape index (κ1) is 16.0. The highest BCUT2D eigenvalue weighted by Gasteiger charge is 2.10. The van der Waals surface area contributed by atoms with Crippen LogP contribution in [0.1, 0.15) is 19.3 Å². The molecule has 3 heteroatoms. The Bertz CT molecular complexity index is 440. The molecule has 1 aliphatic rings. The number of hydrogen-bond donors (Lipinski definition) is 0. The number of methoxy groups -OCH3 is 2. The summed E-state index contributed by atoms with van der Waals surface area (Å²) < 4.78 is 10.0. The molecule has 0 N–H and O–H groups in total. The third-order valence-corrected chi connectivity index (χ3v) is 3.07. The van der Waals surface area contributed by atoms with Crippen LogP contribution < -0.4 is 9.47 Å². The van der Waals surface area contributed by atoms with Crippen LogP contribution in [-0.4, -0.2) is 20.0 Å². The Balaban J connectivity index is 0.000000200. The van der Waals surface area contributed by atoms with Gasteiger partial charge in [-0.2, -0.15) is 0 Å². The van der Waals surface area contributed by atoms with Gasteiger partial charge in [-0.25, -0.2) is 0 Å². The summed E-state index contributed by atoms with van der Waals surface area (Å²) in [6, 6.07) is 7.53. The Labute approximate surface area is 120 Å². The summed E-state index contributed by atoms with van der Waals surface area (Å²) in [6.07, 6.45) is 8.32. The van der Waals surface area contributed by atoms with Gasteiger partial charge in [-0.3, -0.25) is 4.79 Å². The van der Waals surface area contributed by atoms with Crippen molar-refractivity contribution >= 4 is 5.78 Å². The van der Waals surface area contributed by atoms with E-state index in [-0.39, 0.29) is 5.78 Å². The van der Waals surface area contributed by atoms with Crippen molar-refractivity contribution in [3.63, 3.8) is 0 Å². The van der Waals surface area contributed by atoms with E-state index in [2.05, 4.69) is 6.58 Å². The maximum atomic E-state index is 10.7. The van der Waals surface area contributed by atoms with Crippen LogP contribution in [0, 0.1) is 5.92 Å². The minimum atomic E-state index is 0.264. The first-order valence-electron chi connectivity index (χ1n) is 6.70. The number of carbonyl (C=O) groups is 1. The van der Waals surface area contributed by atoms with Crippen molar-refractivity contribution in [2.75, 3.05) is 14.2 Å². The fraction of sp³-hybridized carbons (Fsp3) is 0.353. The monoisotopic (exact) mass is 274 g/mol. The predicted octanol–water partition coefficient (Wildman–Crippen LogP) is 3.80. The maximum Gasteiger partial charge on any atom is 0.160 e. The molecule has 0 amide bonds. The second kappa shape index (κ2) is 8.97. The van der Waals surface area contributed by atoms with Crippen molar-refractivity contribution in [1.29, 1.82) is 0 Å². The minimum Gasteiger partial charge on any atom is -0.493 e. The van der Waals surface area contributed by atoms with E-state index >= 15 is 0 Å². The Morgan fingerprint density at radius 3 is 2.25 bits per heavy atom. The van der Waals surface area contributed by atoms with Crippen LogP contribution in [0.25, 0.3) is 0 Å². The SMILES string of the molecule is C=CCC1C=CC(=O)CC1.COc1ccccc1OC. The highest BCUT2D eigenvalue weighted by atomic mass is 16.5. The van der Waals surface area contributed by atoms with Crippen LogP contribution in [0.4, 0.5) is 0 Å². The van der Waals surface area contributed by atoms with Crippen LogP contribution >= 0.6 is 0 Å². The number of ether oxygens (including phenoxy) is 2. The molecule has 0 bridgehead atoms. The molecule has 0 saturated heterocycles. The summed E-state index contributed by atoms with van der Waals surface area (Å²) in [5.41, 5.74) is 0. The molecule has 0 aliphatic heterocycles. The van der Waals surface area contributed by atoms with Crippen LogP contribution in [-0.2, 0) is 4.79 Å². The van der Waals surface area contributed by atoms with E-state index in [9.17, 15) is 4.79 Å². The van der Waals surface area contributed by atoms with Gasteiger partial charge in [-0.05, 0) is 37.0 Å². The maximum absolute atomic E-state index is 10.7. The van der Waals surface area contributed by atoms with E-state index in [0.717, 1.165) is 30.8 Å². The van der Waals surface area contributed by atoms with Crippen molar-refractivity contribution in [3.05, 3.63) is 49.1 Å². The van der Waals surface area contributed by atoms with Gasteiger partial charge < -0.3 is 9.47 Å². The van der Waals surface area contributed by atoms with Gasteiger partial charge in [0.15, 0.2) is 17.3 Å². The van der Waals surface area contributed by atoms with Gasteiger partial charge in [0, 0.05) is 6.42 Å². The smallest absolute Gasteiger partial charge is 0.160 e. The molecule has 3 nitrogen and oxygen atoms in total. The second-order valence-corrected chi connectivity index (χ2v) is 4.50. The van der Waals surface area contributed by atoms with Crippen LogP contribution in [0.3, 0.4) is 0 Å². The summed E-state index contributed by atoms with van der Waals surface area (Å²) in [6.45, 7) is 3.65. The average Bonchev–Trinajstić information content (AvgIpc) is 2.50. The van der Waals surface area contributed by atoms with Crippen molar-refractivity contribution in [1.82, 2.24) is 0 Å². The molecule has 1 unspecified atom stereocenters. The van der Waals surface area contributed by atoms with E-state index < -0.39 is 0 Å². The predicted molar refractivity (Wildman–Crippen MR) is 81.2 cm³/mol. The quantitative estimate of drug-likeness (QED) is 0.783. The summed E-state index contributed by atoms with van der Waals surface area (Å²) in [5.74, 6) is 2.37. The van der Waals surface area contributed by atoms with Crippen LogP contribution in [0.15, 0.2) is 49.1 Å². The summed E-state index contributed by atoms with van der Waals surface area (Å²) in [7, 11) is 3.25. The number of allylic oxidation sites excluding steroid dienone is 3. The van der Waals surface area contributed by atoms with E-state index in [0.29, 0.717) is 5.92 Å². The Hall–Kier alpha value is -2.03. The molecule has 1 aromatic carbocycles. The zero-order valence-corrected chi connectivity index (χ0v) is 12.2. The Morgan fingerprint density at radius 2 is 1.85 bits per heavy atom. The fourth-order valence-electron chi connectivity index (χ4n) is 1.95. The van der Waals surface area contributed by atoms with Crippen molar-refractivity contribution in [2.24, 2.45) is 5.92 Å². The topological polar surface area (TPSA) is 35.5 Å². The van der Waals surface area contributed by atoms with Crippen LogP contribution in [0.2, 0.25) is 0 Å². The summed E-state index contributed by atoms with van der Waals surface area (Å²) in [4.78, 5) is 10.7. The molecule has 0 fully saturated rings. The third-order valence-electron chi connectivity index (χ3n) is 3.07. The lowest BCUT2D eigenvalue weighted by Crippen LogP contribution is -2.06. The molecular formula is C17H22O3. The van der Waals surface area contributed by atoms with Gasteiger partial charge in [0.05, 0.1) is 14.2 Å². The Morgan fingerprint density at radius 1 is 1.25 bits per heavy atom. The fourth-order valence-corrected chi connectivity index (χ4v) is 1.95. The number of carbonyl (C=O) groups excluding carboxylic acids is 1. The van der Waals surface area contributed by atoms with E-state index in [1.807, 2.05) is 36.4 Å². The zero-order valence-electron chi connectivity index (χ0n) is 12.2. The third kappa shape index (κ3) is 5.31. The number of ketones is 1. The minimum absolute atomic E-state index is 0.264. The largest absolute Gasteiger partial charge is 0.493 e. The second-order valence-electron chi connectivity index (χ2n) is 4.50. The molecule has 108 valence electrons. The molecule has 1 aromatic rings. The highest BCUT2D eigenvalue weighted by Crippen LogP contribution is 2.24. The zero-order chi connectivity index (χ0) is 14.8. The molecule has 0 heterocycles. The van der Waals surface area contributed by atoms with Gasteiger partial charge in [0.1, 0.15) is 0 Å². The highest BCUT2D eigenvalue weighted by molar-refractivity contribution is 5.90. The number of para-hydroxylation sites is 2. The lowest BCUT2D eigenvalue weighted by atomic mass is 9.93. The molecule has 0 radical (unpaired) electrons. The molecule has 1 atom stereocenters. The number of benzene rings is 1. The van der Waals surface area contributed by atoms with Crippen LogP contribution in [0.5, 0.6) is 11.5 Å². The molecule has 1 aliphatic carbocycles. The van der Waals surface area contributed by atoms with E-state index in [4.69, 9.17) is 9.47 Å². The average molecular weight is 274 g/mol.